The minimum absolute atomic E-state index is 0.00964. The van der Waals surface area contributed by atoms with Crippen molar-refractivity contribution >= 4 is 12.0 Å². The van der Waals surface area contributed by atoms with Crippen LogP contribution in [0, 0.1) is 5.92 Å². The molecule has 3 N–H and O–H groups in total. The minimum atomic E-state index is -0.267. The number of carbonyl (C=O) groups excluding carboxylic acids is 2. The second-order valence-electron chi connectivity index (χ2n) is 5.12. The quantitative estimate of drug-likeness (QED) is 0.788. The number of hydrogen-bond donors (Lipinski definition) is 2. The van der Waals surface area contributed by atoms with E-state index in [-0.39, 0.29) is 30.0 Å². The maximum absolute atomic E-state index is 11.9. The van der Waals surface area contributed by atoms with E-state index in [0.717, 1.165) is 12.8 Å². The summed E-state index contributed by atoms with van der Waals surface area (Å²) in [5, 5.41) is 2.99. The van der Waals surface area contributed by atoms with Crippen molar-refractivity contribution in [3.63, 3.8) is 0 Å². The first-order chi connectivity index (χ1) is 8.95. The number of nitrogens with one attached hydrogen (secondary N) is 1. The SMILES string of the molecule is CCOC(=O)N1CCC(NC(=O)C(C)C(C)N)CC1. The zero-order valence-corrected chi connectivity index (χ0v) is 12.0. The zero-order valence-electron chi connectivity index (χ0n) is 12.0. The molecule has 2 atom stereocenters. The molecule has 2 unspecified atom stereocenters. The standard InChI is InChI=1S/C13H25N3O3/c1-4-19-13(18)16-7-5-11(6-8-16)15-12(17)9(2)10(3)14/h9-11H,4-8,14H2,1-3H3,(H,15,17). The van der Waals surface area contributed by atoms with Gasteiger partial charge in [0.05, 0.1) is 6.61 Å². The van der Waals surface area contributed by atoms with Crippen LogP contribution < -0.4 is 11.1 Å². The van der Waals surface area contributed by atoms with Crippen LogP contribution in [-0.4, -0.2) is 48.7 Å². The molecule has 2 amide bonds. The maximum atomic E-state index is 11.9. The predicted molar refractivity (Wildman–Crippen MR) is 72.6 cm³/mol. The van der Waals surface area contributed by atoms with E-state index in [1.165, 1.54) is 0 Å². The highest BCUT2D eigenvalue weighted by molar-refractivity contribution is 5.79. The Hall–Kier alpha value is -1.30. The molecule has 6 heteroatoms. The summed E-state index contributed by atoms with van der Waals surface area (Å²) in [5.74, 6) is -0.201. The lowest BCUT2D eigenvalue weighted by molar-refractivity contribution is -0.125. The van der Waals surface area contributed by atoms with Gasteiger partial charge < -0.3 is 20.7 Å². The average molecular weight is 271 g/mol. The predicted octanol–water partition coefficient (Wildman–Crippen LogP) is 0.707. The van der Waals surface area contributed by atoms with Crippen molar-refractivity contribution in [3.05, 3.63) is 0 Å². The van der Waals surface area contributed by atoms with Gasteiger partial charge in [0, 0.05) is 31.1 Å². The van der Waals surface area contributed by atoms with Crippen molar-refractivity contribution in [1.29, 1.82) is 0 Å². The number of likely N-dealkylation sites (tertiary alicyclic amines) is 1. The molecule has 0 aromatic rings. The van der Waals surface area contributed by atoms with Crippen LogP contribution in [0.2, 0.25) is 0 Å². The van der Waals surface area contributed by atoms with E-state index in [9.17, 15) is 9.59 Å². The van der Waals surface area contributed by atoms with Gasteiger partial charge in [0.1, 0.15) is 0 Å². The smallest absolute Gasteiger partial charge is 0.409 e. The Morgan fingerprint density at radius 3 is 2.42 bits per heavy atom. The molecule has 0 aliphatic carbocycles. The van der Waals surface area contributed by atoms with Gasteiger partial charge >= 0.3 is 6.09 Å². The number of hydrogen-bond acceptors (Lipinski definition) is 4. The molecule has 110 valence electrons. The number of ether oxygens (including phenoxy) is 1. The molecule has 1 rings (SSSR count). The van der Waals surface area contributed by atoms with Gasteiger partial charge in [-0.3, -0.25) is 4.79 Å². The molecule has 0 aromatic heterocycles. The minimum Gasteiger partial charge on any atom is -0.450 e. The van der Waals surface area contributed by atoms with Crippen LogP contribution in [0.3, 0.4) is 0 Å². The van der Waals surface area contributed by atoms with Crippen LogP contribution >= 0.6 is 0 Å². The number of amides is 2. The molecule has 0 radical (unpaired) electrons. The Balaban J connectivity index is 2.34. The number of nitrogens with two attached hydrogens (primary N) is 1. The van der Waals surface area contributed by atoms with E-state index in [0.29, 0.717) is 19.7 Å². The molecule has 6 nitrogen and oxygen atoms in total. The monoisotopic (exact) mass is 271 g/mol. The summed E-state index contributed by atoms with van der Waals surface area (Å²) in [5.41, 5.74) is 5.71. The second-order valence-corrected chi connectivity index (χ2v) is 5.12. The Labute approximate surface area is 114 Å². The number of carbonyl (C=O) groups is 2. The molecule has 1 aliphatic heterocycles. The molecule has 1 fully saturated rings. The van der Waals surface area contributed by atoms with Crippen LogP contribution in [0.1, 0.15) is 33.6 Å². The zero-order chi connectivity index (χ0) is 14.4. The van der Waals surface area contributed by atoms with Crippen molar-refractivity contribution in [1.82, 2.24) is 10.2 Å². The summed E-state index contributed by atoms with van der Waals surface area (Å²) in [6.07, 6.45) is 1.25. The summed E-state index contributed by atoms with van der Waals surface area (Å²) in [4.78, 5) is 25.1. The summed E-state index contributed by atoms with van der Waals surface area (Å²) < 4.78 is 4.95. The molecule has 0 aromatic carbocycles. The Morgan fingerprint density at radius 1 is 1.37 bits per heavy atom. The van der Waals surface area contributed by atoms with Crippen LogP contribution in [0.15, 0.2) is 0 Å². The third-order valence-corrected chi connectivity index (χ3v) is 3.57. The van der Waals surface area contributed by atoms with Gasteiger partial charge in [0.25, 0.3) is 0 Å². The van der Waals surface area contributed by atoms with Gasteiger partial charge in [-0.1, -0.05) is 6.92 Å². The van der Waals surface area contributed by atoms with Crippen LogP contribution in [0.5, 0.6) is 0 Å². The van der Waals surface area contributed by atoms with Crippen LogP contribution in [0.4, 0.5) is 4.79 Å². The molecule has 1 aliphatic rings. The molecular formula is C13H25N3O3. The molecule has 0 saturated carbocycles. The van der Waals surface area contributed by atoms with Gasteiger partial charge in [0.15, 0.2) is 0 Å². The van der Waals surface area contributed by atoms with Crippen LogP contribution in [-0.2, 0) is 9.53 Å². The van der Waals surface area contributed by atoms with Gasteiger partial charge in [0.2, 0.25) is 5.91 Å². The first-order valence-electron chi connectivity index (χ1n) is 6.93. The molecule has 19 heavy (non-hydrogen) atoms. The molecule has 1 saturated heterocycles. The van der Waals surface area contributed by atoms with E-state index in [2.05, 4.69) is 5.32 Å². The highest BCUT2D eigenvalue weighted by Crippen LogP contribution is 2.12. The summed E-state index contributed by atoms with van der Waals surface area (Å²) in [6, 6.07) is -0.0287. The molecule has 0 spiro atoms. The lowest BCUT2D eigenvalue weighted by Crippen LogP contribution is -2.49. The van der Waals surface area contributed by atoms with Gasteiger partial charge in [-0.15, -0.1) is 0 Å². The molecular weight excluding hydrogens is 246 g/mol. The first-order valence-corrected chi connectivity index (χ1v) is 6.93. The summed E-state index contributed by atoms with van der Waals surface area (Å²) in [7, 11) is 0. The van der Waals surface area contributed by atoms with Crippen molar-refractivity contribution in [2.24, 2.45) is 11.7 Å². The van der Waals surface area contributed by atoms with Crippen molar-refractivity contribution in [3.8, 4) is 0 Å². The third-order valence-electron chi connectivity index (χ3n) is 3.57. The Morgan fingerprint density at radius 2 is 1.95 bits per heavy atom. The largest absolute Gasteiger partial charge is 0.450 e. The normalized spacial score (nSPS) is 19.7. The fraction of sp³-hybridized carbons (Fsp3) is 0.846. The van der Waals surface area contributed by atoms with Gasteiger partial charge in [-0.2, -0.15) is 0 Å². The second kappa shape index (κ2) is 7.33. The Bertz CT molecular complexity index is 312. The van der Waals surface area contributed by atoms with Crippen LogP contribution in [0.25, 0.3) is 0 Å². The van der Waals surface area contributed by atoms with Gasteiger partial charge in [-0.05, 0) is 26.7 Å². The number of rotatable bonds is 4. The molecule has 0 bridgehead atoms. The fourth-order valence-electron chi connectivity index (χ4n) is 1.99. The number of piperidine rings is 1. The van der Waals surface area contributed by atoms with E-state index in [4.69, 9.17) is 10.5 Å². The van der Waals surface area contributed by atoms with Crippen molar-refractivity contribution in [2.45, 2.75) is 45.7 Å². The highest BCUT2D eigenvalue weighted by Gasteiger charge is 2.26. The summed E-state index contributed by atoms with van der Waals surface area (Å²) in [6.45, 7) is 7.08. The van der Waals surface area contributed by atoms with Crippen molar-refractivity contribution < 1.29 is 14.3 Å². The Kier molecular flexibility index (Phi) is 6.08. The lowest BCUT2D eigenvalue weighted by atomic mass is 10.0. The summed E-state index contributed by atoms with van der Waals surface area (Å²) >= 11 is 0. The van der Waals surface area contributed by atoms with E-state index in [1.807, 2.05) is 13.8 Å². The van der Waals surface area contributed by atoms with E-state index < -0.39 is 0 Å². The first kappa shape index (κ1) is 15.8. The maximum Gasteiger partial charge on any atom is 0.409 e. The fourth-order valence-corrected chi connectivity index (χ4v) is 1.99. The van der Waals surface area contributed by atoms with E-state index >= 15 is 0 Å². The average Bonchev–Trinajstić information content (AvgIpc) is 2.38. The number of nitrogens with zero attached hydrogens (tertiary/aromatic N) is 1. The lowest BCUT2D eigenvalue weighted by Gasteiger charge is -2.32. The van der Waals surface area contributed by atoms with Gasteiger partial charge in [-0.25, -0.2) is 4.79 Å². The topological polar surface area (TPSA) is 84.7 Å². The van der Waals surface area contributed by atoms with E-state index in [1.54, 1.807) is 11.8 Å². The molecule has 1 heterocycles. The third kappa shape index (κ3) is 4.70. The van der Waals surface area contributed by atoms with Crippen molar-refractivity contribution in [2.75, 3.05) is 19.7 Å². The highest BCUT2D eigenvalue weighted by atomic mass is 16.6.